The summed E-state index contributed by atoms with van der Waals surface area (Å²) in [5, 5.41) is 0. The maximum absolute atomic E-state index is 13.5. The van der Waals surface area contributed by atoms with Gasteiger partial charge < -0.3 is 14.5 Å². The van der Waals surface area contributed by atoms with Crippen molar-refractivity contribution in [2.75, 3.05) is 39.9 Å². The second kappa shape index (κ2) is 11.3. The van der Waals surface area contributed by atoms with E-state index in [-0.39, 0.29) is 41.8 Å². The Morgan fingerprint density at radius 2 is 1.84 bits per heavy atom. The highest BCUT2D eigenvalue weighted by Crippen LogP contribution is 2.32. The summed E-state index contributed by atoms with van der Waals surface area (Å²) in [5.41, 5.74) is 2.45. The molecule has 0 aliphatic carbocycles. The number of nitrogens with zero attached hydrogens (tertiary/aromatic N) is 4. The van der Waals surface area contributed by atoms with Crippen LogP contribution in [0.25, 0.3) is 11.2 Å². The Bertz CT molecular complexity index is 1280. The largest absolute Gasteiger partial charge is 0.383 e. The lowest BCUT2D eigenvalue weighted by Gasteiger charge is -2.33. The highest BCUT2D eigenvalue weighted by Gasteiger charge is 2.34. The molecule has 0 bridgehead atoms. The number of benzene rings is 1. The number of carbonyl (C=O) groups is 2. The van der Waals surface area contributed by atoms with Gasteiger partial charge in [0.25, 0.3) is 0 Å². The number of hydrogen-bond donors (Lipinski definition) is 1. The molecule has 4 heterocycles. The predicted molar refractivity (Wildman–Crippen MR) is 140 cm³/mol. The highest BCUT2D eigenvalue weighted by molar-refractivity contribution is 5.86. The molecule has 196 valence electrons. The number of carbonyl (C=O) groups excluding carboxylic acids is 2. The standard InChI is InChI=1S/C28H35N5O4/c1-37-17-16-32-19-22(20-6-3-2-4-7-20)10-9-21(27(32)35)18-25(34)31-14-11-23(12-15-31)33-24-8-5-13-29-26(24)30-28(33)36/h2-8,13,21-23H,9-12,14-19H2,1H3,(H,29,30,36)/t21-,22-/m1/s1. The van der Waals surface area contributed by atoms with Crippen LogP contribution in [0.2, 0.25) is 0 Å². The van der Waals surface area contributed by atoms with Gasteiger partial charge >= 0.3 is 5.69 Å². The van der Waals surface area contributed by atoms with Crippen LogP contribution in [0.5, 0.6) is 0 Å². The molecule has 5 rings (SSSR count). The van der Waals surface area contributed by atoms with E-state index < -0.39 is 0 Å². The molecule has 0 spiro atoms. The van der Waals surface area contributed by atoms with Crippen molar-refractivity contribution in [2.45, 2.75) is 44.1 Å². The lowest BCUT2D eigenvalue weighted by molar-refractivity contribution is -0.142. The molecule has 2 aliphatic rings. The molecule has 9 heteroatoms. The van der Waals surface area contributed by atoms with Gasteiger partial charge in [0, 0.05) is 63.8 Å². The van der Waals surface area contributed by atoms with Crippen molar-refractivity contribution < 1.29 is 14.3 Å². The van der Waals surface area contributed by atoms with Crippen LogP contribution >= 0.6 is 0 Å². The van der Waals surface area contributed by atoms with E-state index in [1.807, 2.05) is 40.1 Å². The number of piperidine rings is 1. The fourth-order valence-corrected chi connectivity index (χ4v) is 5.86. The fourth-order valence-electron chi connectivity index (χ4n) is 5.86. The van der Waals surface area contributed by atoms with Gasteiger partial charge in [0.2, 0.25) is 11.8 Å². The Morgan fingerprint density at radius 3 is 2.59 bits per heavy atom. The van der Waals surface area contributed by atoms with E-state index in [9.17, 15) is 14.4 Å². The molecule has 2 aliphatic heterocycles. The number of methoxy groups -OCH3 is 1. The van der Waals surface area contributed by atoms with E-state index >= 15 is 0 Å². The molecule has 1 N–H and O–H groups in total. The molecule has 2 saturated heterocycles. The second-order valence-electron chi connectivity index (χ2n) is 10.1. The van der Waals surface area contributed by atoms with Crippen molar-refractivity contribution in [1.29, 1.82) is 0 Å². The number of amides is 2. The second-order valence-corrected chi connectivity index (χ2v) is 10.1. The average molecular weight is 506 g/mol. The minimum atomic E-state index is -0.321. The van der Waals surface area contributed by atoms with Crippen molar-refractivity contribution in [2.24, 2.45) is 5.92 Å². The first-order valence-electron chi connectivity index (χ1n) is 13.2. The van der Waals surface area contributed by atoms with E-state index in [0.29, 0.717) is 57.7 Å². The Labute approximate surface area is 216 Å². The SMILES string of the molecule is COCCN1C[C@H](c2ccccc2)CC[C@H](CC(=O)N2CCC(n3c(=O)[nH]c4ncccc43)CC2)C1=O. The number of rotatable bonds is 7. The van der Waals surface area contributed by atoms with E-state index in [1.54, 1.807) is 17.9 Å². The number of fused-ring (bicyclic) bond motifs is 1. The van der Waals surface area contributed by atoms with Crippen LogP contribution in [0.15, 0.2) is 53.5 Å². The maximum atomic E-state index is 13.5. The molecule has 0 saturated carbocycles. The Kier molecular flexibility index (Phi) is 7.69. The van der Waals surface area contributed by atoms with Gasteiger partial charge in [-0.05, 0) is 43.4 Å². The number of pyridine rings is 1. The Balaban J connectivity index is 1.23. The van der Waals surface area contributed by atoms with Crippen LogP contribution in [0, 0.1) is 5.92 Å². The molecule has 37 heavy (non-hydrogen) atoms. The van der Waals surface area contributed by atoms with Gasteiger partial charge in [0.05, 0.1) is 12.1 Å². The average Bonchev–Trinajstić information content (AvgIpc) is 3.19. The van der Waals surface area contributed by atoms with Crippen LogP contribution in [-0.2, 0) is 14.3 Å². The van der Waals surface area contributed by atoms with Gasteiger partial charge in [-0.2, -0.15) is 0 Å². The summed E-state index contributed by atoms with van der Waals surface area (Å²) in [5.74, 6) is 0.00564. The first-order chi connectivity index (χ1) is 18.0. The molecular weight excluding hydrogens is 470 g/mol. The molecule has 2 amide bonds. The van der Waals surface area contributed by atoms with Gasteiger partial charge in [0.1, 0.15) is 0 Å². The Morgan fingerprint density at radius 1 is 1.05 bits per heavy atom. The number of aromatic nitrogens is 3. The molecule has 9 nitrogen and oxygen atoms in total. The maximum Gasteiger partial charge on any atom is 0.327 e. The number of ether oxygens (including phenoxy) is 1. The fraction of sp³-hybridized carbons (Fsp3) is 0.500. The zero-order chi connectivity index (χ0) is 25.8. The molecule has 2 atom stereocenters. The molecule has 3 aromatic rings. The summed E-state index contributed by atoms with van der Waals surface area (Å²) in [6.07, 6.45) is 4.85. The van der Waals surface area contributed by atoms with E-state index in [2.05, 4.69) is 22.1 Å². The predicted octanol–water partition coefficient (Wildman–Crippen LogP) is 2.95. The first kappa shape index (κ1) is 25.2. The normalized spacial score (nSPS) is 21.4. The lowest BCUT2D eigenvalue weighted by Crippen LogP contribution is -2.43. The summed E-state index contributed by atoms with van der Waals surface area (Å²) in [4.78, 5) is 50.2. The van der Waals surface area contributed by atoms with Crippen molar-refractivity contribution >= 4 is 23.0 Å². The lowest BCUT2D eigenvalue weighted by atomic mass is 9.90. The van der Waals surface area contributed by atoms with Gasteiger partial charge in [0.15, 0.2) is 5.65 Å². The summed E-state index contributed by atoms with van der Waals surface area (Å²) in [6, 6.07) is 14.1. The number of likely N-dealkylation sites (tertiary alicyclic amines) is 2. The summed E-state index contributed by atoms with van der Waals surface area (Å²) >= 11 is 0. The zero-order valence-corrected chi connectivity index (χ0v) is 21.3. The van der Waals surface area contributed by atoms with Crippen molar-refractivity contribution in [3.8, 4) is 0 Å². The highest BCUT2D eigenvalue weighted by atomic mass is 16.5. The minimum Gasteiger partial charge on any atom is -0.383 e. The van der Waals surface area contributed by atoms with Crippen LogP contribution in [0.1, 0.15) is 49.6 Å². The minimum absolute atomic E-state index is 0.0187. The van der Waals surface area contributed by atoms with E-state index in [4.69, 9.17) is 4.74 Å². The first-order valence-corrected chi connectivity index (χ1v) is 13.2. The monoisotopic (exact) mass is 505 g/mol. The third-order valence-corrected chi connectivity index (χ3v) is 7.90. The van der Waals surface area contributed by atoms with Crippen LogP contribution < -0.4 is 5.69 Å². The van der Waals surface area contributed by atoms with Gasteiger partial charge in [-0.25, -0.2) is 9.78 Å². The molecule has 0 radical (unpaired) electrons. The molecule has 0 unspecified atom stereocenters. The van der Waals surface area contributed by atoms with Crippen molar-refractivity contribution in [3.63, 3.8) is 0 Å². The van der Waals surface area contributed by atoms with E-state index in [1.165, 1.54) is 5.56 Å². The van der Waals surface area contributed by atoms with Gasteiger partial charge in [-0.3, -0.25) is 19.1 Å². The smallest absolute Gasteiger partial charge is 0.327 e. The van der Waals surface area contributed by atoms with Crippen molar-refractivity contribution in [1.82, 2.24) is 24.3 Å². The number of aromatic amines is 1. The molecule has 2 fully saturated rings. The summed E-state index contributed by atoms with van der Waals surface area (Å²) in [6.45, 7) is 2.80. The Hall–Kier alpha value is -3.46. The summed E-state index contributed by atoms with van der Waals surface area (Å²) in [7, 11) is 1.64. The van der Waals surface area contributed by atoms with Gasteiger partial charge in [-0.1, -0.05) is 30.3 Å². The van der Waals surface area contributed by atoms with Gasteiger partial charge in [-0.15, -0.1) is 0 Å². The molecule has 2 aromatic heterocycles. The topological polar surface area (TPSA) is 101 Å². The third kappa shape index (κ3) is 5.46. The zero-order valence-electron chi connectivity index (χ0n) is 21.3. The van der Waals surface area contributed by atoms with Crippen LogP contribution in [0.4, 0.5) is 0 Å². The molecule has 1 aromatic carbocycles. The van der Waals surface area contributed by atoms with Crippen LogP contribution in [0.3, 0.4) is 0 Å². The quantitative estimate of drug-likeness (QED) is 0.532. The summed E-state index contributed by atoms with van der Waals surface area (Å²) < 4.78 is 7.04. The number of nitrogens with one attached hydrogen (secondary N) is 1. The van der Waals surface area contributed by atoms with E-state index in [0.717, 1.165) is 11.9 Å². The number of H-pyrrole nitrogens is 1. The third-order valence-electron chi connectivity index (χ3n) is 7.90. The number of hydrogen-bond acceptors (Lipinski definition) is 5. The molecular formula is C28H35N5O4. The van der Waals surface area contributed by atoms with Crippen LogP contribution in [-0.4, -0.2) is 76.0 Å². The van der Waals surface area contributed by atoms with Crippen molar-refractivity contribution in [3.05, 3.63) is 64.7 Å². The number of imidazole rings is 1.